The van der Waals surface area contributed by atoms with Crippen LogP contribution >= 0.6 is 0 Å². The Morgan fingerprint density at radius 2 is 2.00 bits per heavy atom. The maximum Gasteiger partial charge on any atom is 0.303 e. The number of carbonyl (C=O) groups is 1. The van der Waals surface area contributed by atoms with Crippen LogP contribution in [0.2, 0.25) is 0 Å². The third-order valence-electron chi connectivity index (χ3n) is 4.71. The van der Waals surface area contributed by atoms with Gasteiger partial charge in [-0.25, -0.2) is 0 Å². The second-order valence-electron chi connectivity index (χ2n) is 6.38. The molecule has 0 aliphatic carbocycles. The largest absolute Gasteiger partial charge is 0.481 e. The van der Waals surface area contributed by atoms with Crippen molar-refractivity contribution >= 4 is 11.7 Å². The number of nitrogens with one attached hydrogen (secondary N) is 1. The minimum absolute atomic E-state index is 0.00680. The Kier molecular flexibility index (Phi) is 3.33. The summed E-state index contributed by atoms with van der Waals surface area (Å²) in [6.07, 6.45) is 1.80. The summed E-state index contributed by atoms with van der Waals surface area (Å²) in [6.45, 7) is 8.79. The molecule has 0 amide bonds. The van der Waals surface area contributed by atoms with E-state index in [9.17, 15) is 4.79 Å². The lowest BCUT2D eigenvalue weighted by Crippen LogP contribution is -2.46. The number of hydrogen-bond acceptors (Lipinski definition) is 2. The fraction of sp³-hybridized carbons (Fsp3) is 0.562. The van der Waals surface area contributed by atoms with Gasteiger partial charge >= 0.3 is 5.97 Å². The molecule has 0 spiro atoms. The molecular weight excluding hydrogens is 238 g/mol. The number of benzene rings is 1. The normalized spacial score (nSPS) is 23.8. The van der Waals surface area contributed by atoms with Crippen molar-refractivity contribution in [2.75, 3.05) is 5.32 Å². The molecule has 0 saturated heterocycles. The van der Waals surface area contributed by atoms with Crippen molar-refractivity contribution in [2.24, 2.45) is 0 Å². The van der Waals surface area contributed by atoms with Crippen LogP contribution in [0.25, 0.3) is 0 Å². The van der Waals surface area contributed by atoms with Crippen molar-refractivity contribution in [2.45, 2.75) is 57.9 Å². The Labute approximate surface area is 115 Å². The number of aliphatic carboxylic acids is 1. The number of hydrogen-bond donors (Lipinski definition) is 2. The van der Waals surface area contributed by atoms with Crippen molar-refractivity contribution in [3.8, 4) is 0 Å². The van der Waals surface area contributed by atoms with Gasteiger partial charge in [0, 0.05) is 23.1 Å². The topological polar surface area (TPSA) is 49.3 Å². The summed E-state index contributed by atoms with van der Waals surface area (Å²) in [4.78, 5) is 10.7. The van der Waals surface area contributed by atoms with Gasteiger partial charge in [-0.1, -0.05) is 31.5 Å². The summed E-state index contributed by atoms with van der Waals surface area (Å²) in [7, 11) is 0. The number of aryl methyl sites for hydroxylation is 1. The Morgan fingerprint density at radius 1 is 1.32 bits per heavy atom. The molecule has 0 bridgehead atoms. The molecule has 3 heteroatoms. The highest BCUT2D eigenvalue weighted by molar-refractivity contribution is 5.67. The number of rotatable bonds is 4. The van der Waals surface area contributed by atoms with Gasteiger partial charge in [0.15, 0.2) is 0 Å². The van der Waals surface area contributed by atoms with E-state index < -0.39 is 5.97 Å². The van der Waals surface area contributed by atoms with Gasteiger partial charge in [-0.3, -0.25) is 4.79 Å². The molecule has 1 unspecified atom stereocenters. The van der Waals surface area contributed by atoms with Gasteiger partial charge in [0.25, 0.3) is 0 Å². The molecule has 0 radical (unpaired) electrons. The molecule has 1 aliphatic heterocycles. The van der Waals surface area contributed by atoms with Crippen LogP contribution in [0.15, 0.2) is 18.2 Å². The van der Waals surface area contributed by atoms with E-state index in [0.29, 0.717) is 6.42 Å². The highest BCUT2D eigenvalue weighted by Gasteiger charge is 2.48. The van der Waals surface area contributed by atoms with Crippen molar-refractivity contribution in [3.05, 3.63) is 29.3 Å². The maximum atomic E-state index is 10.7. The van der Waals surface area contributed by atoms with Crippen LogP contribution in [-0.2, 0) is 10.2 Å². The minimum atomic E-state index is -0.715. The molecule has 1 heterocycles. The maximum absolute atomic E-state index is 10.7. The van der Waals surface area contributed by atoms with E-state index in [-0.39, 0.29) is 17.4 Å². The van der Waals surface area contributed by atoms with Crippen molar-refractivity contribution in [1.82, 2.24) is 0 Å². The van der Waals surface area contributed by atoms with Crippen LogP contribution in [0.4, 0.5) is 5.69 Å². The van der Waals surface area contributed by atoms with Crippen LogP contribution in [0.1, 0.15) is 51.2 Å². The van der Waals surface area contributed by atoms with Gasteiger partial charge < -0.3 is 10.4 Å². The second kappa shape index (κ2) is 4.55. The predicted octanol–water partition coefficient (Wildman–Crippen LogP) is 3.71. The van der Waals surface area contributed by atoms with Crippen LogP contribution in [-0.4, -0.2) is 16.6 Å². The number of fused-ring (bicyclic) bond motifs is 1. The van der Waals surface area contributed by atoms with E-state index in [1.807, 2.05) is 0 Å². The summed E-state index contributed by atoms with van der Waals surface area (Å²) in [5.41, 5.74) is 3.72. The van der Waals surface area contributed by atoms with Gasteiger partial charge in [-0.2, -0.15) is 0 Å². The van der Waals surface area contributed by atoms with Crippen molar-refractivity contribution in [3.63, 3.8) is 0 Å². The molecule has 104 valence electrons. The van der Waals surface area contributed by atoms with Gasteiger partial charge in [0.2, 0.25) is 0 Å². The number of carboxylic acids is 1. The van der Waals surface area contributed by atoms with Crippen molar-refractivity contribution in [1.29, 1.82) is 0 Å². The first-order valence-electron chi connectivity index (χ1n) is 6.87. The SMILES string of the molecule is Cc1ccc2c(c1)C(C)(C)C(C)(CCCC(=O)O)N2. The third kappa shape index (κ3) is 2.34. The molecule has 0 fully saturated rings. The molecule has 19 heavy (non-hydrogen) atoms. The monoisotopic (exact) mass is 261 g/mol. The molecule has 2 rings (SSSR count). The van der Waals surface area contributed by atoms with E-state index in [4.69, 9.17) is 5.11 Å². The fourth-order valence-electron chi connectivity index (χ4n) is 3.00. The number of carboxylic acid groups (broad SMARTS) is 1. The van der Waals surface area contributed by atoms with E-state index in [1.54, 1.807) is 0 Å². The standard InChI is InChI=1S/C16H23NO2/c1-11-7-8-13-12(10-11)15(2,3)16(4,17-13)9-5-6-14(18)19/h7-8,10,17H,5-6,9H2,1-4H3,(H,18,19). The molecule has 1 aromatic carbocycles. The first kappa shape index (κ1) is 13.9. The van der Waals surface area contributed by atoms with Gasteiger partial charge in [0.1, 0.15) is 0 Å². The average Bonchev–Trinajstić information content (AvgIpc) is 2.48. The third-order valence-corrected chi connectivity index (χ3v) is 4.71. The van der Waals surface area contributed by atoms with Gasteiger partial charge in [-0.05, 0) is 38.3 Å². The Morgan fingerprint density at radius 3 is 2.63 bits per heavy atom. The first-order chi connectivity index (χ1) is 8.76. The molecule has 1 atom stereocenters. The highest BCUT2D eigenvalue weighted by Crippen LogP contribution is 2.49. The van der Waals surface area contributed by atoms with E-state index in [0.717, 1.165) is 6.42 Å². The zero-order valence-corrected chi connectivity index (χ0v) is 12.2. The second-order valence-corrected chi connectivity index (χ2v) is 6.38. The lowest BCUT2D eigenvalue weighted by molar-refractivity contribution is -0.137. The Balaban J connectivity index is 2.23. The van der Waals surface area contributed by atoms with E-state index in [1.165, 1.54) is 16.8 Å². The minimum Gasteiger partial charge on any atom is -0.481 e. The van der Waals surface area contributed by atoms with E-state index >= 15 is 0 Å². The smallest absolute Gasteiger partial charge is 0.303 e. The van der Waals surface area contributed by atoms with Gasteiger partial charge in [0.05, 0.1) is 0 Å². The average molecular weight is 261 g/mol. The van der Waals surface area contributed by atoms with Crippen LogP contribution in [0, 0.1) is 6.92 Å². The molecular formula is C16H23NO2. The lowest BCUT2D eigenvalue weighted by atomic mass is 9.69. The summed E-state index contributed by atoms with van der Waals surface area (Å²) < 4.78 is 0. The summed E-state index contributed by atoms with van der Waals surface area (Å²) >= 11 is 0. The zero-order valence-electron chi connectivity index (χ0n) is 12.2. The highest BCUT2D eigenvalue weighted by atomic mass is 16.4. The Hall–Kier alpha value is -1.51. The van der Waals surface area contributed by atoms with Crippen molar-refractivity contribution < 1.29 is 9.90 Å². The molecule has 1 aromatic rings. The van der Waals surface area contributed by atoms with Crippen LogP contribution < -0.4 is 5.32 Å². The quantitative estimate of drug-likeness (QED) is 0.868. The first-order valence-corrected chi connectivity index (χ1v) is 6.87. The lowest BCUT2D eigenvalue weighted by Gasteiger charge is -2.39. The summed E-state index contributed by atoms with van der Waals surface area (Å²) in [6, 6.07) is 6.49. The summed E-state index contributed by atoms with van der Waals surface area (Å²) in [5.74, 6) is -0.715. The molecule has 1 aliphatic rings. The Bertz CT molecular complexity index is 507. The molecule has 0 aromatic heterocycles. The summed E-state index contributed by atoms with van der Waals surface area (Å²) in [5, 5.41) is 12.4. The van der Waals surface area contributed by atoms with Gasteiger partial charge in [-0.15, -0.1) is 0 Å². The molecule has 2 N–H and O–H groups in total. The predicted molar refractivity (Wildman–Crippen MR) is 77.7 cm³/mol. The zero-order chi connectivity index (χ0) is 14.3. The fourth-order valence-corrected chi connectivity index (χ4v) is 3.00. The van der Waals surface area contributed by atoms with E-state index in [2.05, 4.69) is 51.2 Å². The molecule has 3 nitrogen and oxygen atoms in total. The number of anilines is 1. The van der Waals surface area contributed by atoms with Crippen LogP contribution in [0.3, 0.4) is 0 Å². The van der Waals surface area contributed by atoms with Crippen LogP contribution in [0.5, 0.6) is 0 Å². The molecule has 0 saturated carbocycles.